The highest BCUT2D eigenvalue weighted by atomic mass is 79.9. The number of carbonyl (C=O) groups is 1. The Labute approximate surface area is 109 Å². The molecule has 1 fully saturated rings. The van der Waals surface area contributed by atoms with Crippen LogP contribution < -0.4 is 5.32 Å². The zero-order valence-electron chi connectivity index (χ0n) is 9.72. The normalized spacial score (nSPS) is 16.2. The van der Waals surface area contributed by atoms with E-state index in [1.54, 1.807) is 6.07 Å². The third-order valence-electron chi connectivity index (χ3n) is 3.20. The fourth-order valence-electron chi connectivity index (χ4n) is 2.19. The second-order valence-corrected chi connectivity index (χ2v) is 5.30. The van der Waals surface area contributed by atoms with Crippen molar-refractivity contribution in [1.82, 2.24) is 5.32 Å². The summed E-state index contributed by atoms with van der Waals surface area (Å²) in [7, 11) is 0. The van der Waals surface area contributed by atoms with Crippen LogP contribution >= 0.6 is 15.9 Å². The molecule has 1 aromatic rings. The van der Waals surface area contributed by atoms with Gasteiger partial charge in [0.25, 0.3) is 5.91 Å². The summed E-state index contributed by atoms with van der Waals surface area (Å²) >= 11 is 3.28. The van der Waals surface area contributed by atoms with E-state index < -0.39 is 5.82 Å². The second kappa shape index (κ2) is 5.17. The summed E-state index contributed by atoms with van der Waals surface area (Å²) in [6, 6.07) is 3.20. The number of aryl methyl sites for hydroxylation is 1. The third-order valence-corrected chi connectivity index (χ3v) is 4.22. The maximum Gasteiger partial charge on any atom is 0.255 e. The molecule has 0 heterocycles. The molecular formula is C13H15BrFNO. The van der Waals surface area contributed by atoms with Crippen LogP contribution in [0.4, 0.5) is 4.39 Å². The highest BCUT2D eigenvalue weighted by molar-refractivity contribution is 9.10. The van der Waals surface area contributed by atoms with Crippen molar-refractivity contribution in [3.8, 4) is 0 Å². The molecule has 2 rings (SSSR count). The van der Waals surface area contributed by atoms with Crippen LogP contribution in [0.15, 0.2) is 16.6 Å². The van der Waals surface area contributed by atoms with Crippen LogP contribution in [-0.4, -0.2) is 11.9 Å². The standard InChI is InChI=1S/C13H15BrFNO/c1-8-6-7-10(15)11(12(8)14)13(17)16-9-4-2-3-5-9/h6-7,9H,2-5H2,1H3,(H,16,17). The van der Waals surface area contributed by atoms with Gasteiger partial charge < -0.3 is 5.32 Å². The van der Waals surface area contributed by atoms with Crippen LogP contribution in [-0.2, 0) is 0 Å². The molecule has 2 nitrogen and oxygen atoms in total. The van der Waals surface area contributed by atoms with E-state index in [1.807, 2.05) is 6.92 Å². The lowest BCUT2D eigenvalue weighted by molar-refractivity contribution is 0.0933. The van der Waals surface area contributed by atoms with Crippen molar-refractivity contribution in [3.05, 3.63) is 33.5 Å². The zero-order valence-corrected chi connectivity index (χ0v) is 11.3. The average molecular weight is 300 g/mol. The Morgan fingerprint density at radius 2 is 2.06 bits per heavy atom. The van der Waals surface area contributed by atoms with Crippen LogP contribution in [0.25, 0.3) is 0 Å². The number of benzene rings is 1. The van der Waals surface area contributed by atoms with Gasteiger partial charge in [-0.05, 0) is 47.3 Å². The smallest absolute Gasteiger partial charge is 0.255 e. The molecule has 17 heavy (non-hydrogen) atoms. The first-order chi connectivity index (χ1) is 8.09. The Balaban J connectivity index is 2.21. The van der Waals surface area contributed by atoms with Crippen molar-refractivity contribution < 1.29 is 9.18 Å². The fraction of sp³-hybridized carbons (Fsp3) is 0.462. The van der Waals surface area contributed by atoms with Crippen molar-refractivity contribution in [3.63, 3.8) is 0 Å². The first-order valence-corrected chi connectivity index (χ1v) is 6.64. The summed E-state index contributed by atoms with van der Waals surface area (Å²) in [6.45, 7) is 1.84. The molecule has 1 saturated carbocycles. The molecule has 0 atom stereocenters. The molecule has 4 heteroatoms. The van der Waals surface area contributed by atoms with Crippen LogP contribution in [0.3, 0.4) is 0 Å². The van der Waals surface area contributed by atoms with Gasteiger partial charge in [-0.1, -0.05) is 18.9 Å². The lowest BCUT2D eigenvalue weighted by Crippen LogP contribution is -2.33. The largest absolute Gasteiger partial charge is 0.349 e. The number of nitrogens with one attached hydrogen (secondary N) is 1. The SMILES string of the molecule is Cc1ccc(F)c(C(=O)NC2CCCC2)c1Br. The summed E-state index contributed by atoms with van der Waals surface area (Å²) in [4.78, 5) is 12.0. The van der Waals surface area contributed by atoms with Gasteiger partial charge in [0.15, 0.2) is 0 Å². The zero-order chi connectivity index (χ0) is 12.4. The maximum absolute atomic E-state index is 13.7. The Hall–Kier alpha value is -0.900. The van der Waals surface area contributed by atoms with Crippen LogP contribution in [0, 0.1) is 12.7 Å². The topological polar surface area (TPSA) is 29.1 Å². The number of carbonyl (C=O) groups excluding carboxylic acids is 1. The summed E-state index contributed by atoms with van der Waals surface area (Å²) in [6.07, 6.45) is 4.28. The van der Waals surface area contributed by atoms with Crippen molar-refractivity contribution in [2.24, 2.45) is 0 Å². The van der Waals surface area contributed by atoms with E-state index in [0.29, 0.717) is 4.47 Å². The van der Waals surface area contributed by atoms with Gasteiger partial charge in [-0.2, -0.15) is 0 Å². The summed E-state index contributed by atoms with van der Waals surface area (Å²) in [5.41, 5.74) is 0.986. The van der Waals surface area contributed by atoms with E-state index in [9.17, 15) is 9.18 Å². The van der Waals surface area contributed by atoms with Gasteiger partial charge in [0.05, 0.1) is 5.56 Å². The molecule has 0 radical (unpaired) electrons. The molecule has 0 unspecified atom stereocenters. The predicted octanol–water partition coefficient (Wildman–Crippen LogP) is 3.57. The van der Waals surface area contributed by atoms with Gasteiger partial charge in [0, 0.05) is 10.5 Å². The van der Waals surface area contributed by atoms with E-state index in [0.717, 1.165) is 31.2 Å². The van der Waals surface area contributed by atoms with Crippen molar-refractivity contribution in [2.75, 3.05) is 0 Å². The van der Waals surface area contributed by atoms with Gasteiger partial charge >= 0.3 is 0 Å². The quantitative estimate of drug-likeness (QED) is 0.889. The molecule has 0 spiro atoms. The van der Waals surface area contributed by atoms with Crippen molar-refractivity contribution >= 4 is 21.8 Å². The van der Waals surface area contributed by atoms with E-state index >= 15 is 0 Å². The highest BCUT2D eigenvalue weighted by Crippen LogP contribution is 2.25. The highest BCUT2D eigenvalue weighted by Gasteiger charge is 2.22. The summed E-state index contributed by atoms with van der Waals surface area (Å²) in [5, 5.41) is 2.90. The number of rotatable bonds is 2. The molecule has 1 aliphatic carbocycles. The summed E-state index contributed by atoms with van der Waals surface area (Å²) in [5.74, 6) is -0.789. The van der Waals surface area contributed by atoms with Crippen LogP contribution in [0.2, 0.25) is 0 Å². The molecule has 1 aliphatic rings. The van der Waals surface area contributed by atoms with Gasteiger partial charge in [-0.25, -0.2) is 4.39 Å². The van der Waals surface area contributed by atoms with E-state index in [2.05, 4.69) is 21.2 Å². The van der Waals surface area contributed by atoms with E-state index in [4.69, 9.17) is 0 Å². The Kier molecular flexibility index (Phi) is 3.82. The van der Waals surface area contributed by atoms with Gasteiger partial charge in [0.1, 0.15) is 5.82 Å². The first-order valence-electron chi connectivity index (χ1n) is 5.85. The van der Waals surface area contributed by atoms with Crippen LogP contribution in [0.1, 0.15) is 41.6 Å². The minimum absolute atomic E-state index is 0.122. The van der Waals surface area contributed by atoms with Crippen molar-refractivity contribution in [2.45, 2.75) is 38.6 Å². The number of halogens is 2. The molecule has 0 saturated heterocycles. The minimum atomic E-state index is -0.474. The van der Waals surface area contributed by atoms with E-state index in [-0.39, 0.29) is 17.5 Å². The first kappa shape index (κ1) is 12.6. The summed E-state index contributed by atoms with van der Waals surface area (Å²) < 4.78 is 14.2. The molecule has 0 aliphatic heterocycles. The molecule has 0 bridgehead atoms. The molecule has 92 valence electrons. The lowest BCUT2D eigenvalue weighted by atomic mass is 10.1. The molecular weight excluding hydrogens is 285 g/mol. The molecule has 1 N–H and O–H groups in total. The average Bonchev–Trinajstić information content (AvgIpc) is 2.77. The second-order valence-electron chi connectivity index (χ2n) is 4.51. The molecule has 1 amide bonds. The fourth-order valence-corrected chi connectivity index (χ4v) is 2.69. The third kappa shape index (κ3) is 2.68. The maximum atomic E-state index is 13.7. The van der Waals surface area contributed by atoms with Crippen LogP contribution in [0.5, 0.6) is 0 Å². The Morgan fingerprint density at radius 3 is 2.71 bits per heavy atom. The van der Waals surface area contributed by atoms with Crippen molar-refractivity contribution in [1.29, 1.82) is 0 Å². The molecule has 0 aromatic heterocycles. The Bertz CT molecular complexity index is 441. The minimum Gasteiger partial charge on any atom is -0.349 e. The van der Waals surface area contributed by atoms with Gasteiger partial charge in [0.2, 0.25) is 0 Å². The molecule has 1 aromatic carbocycles. The number of hydrogen-bond acceptors (Lipinski definition) is 1. The predicted molar refractivity (Wildman–Crippen MR) is 68.6 cm³/mol. The monoisotopic (exact) mass is 299 g/mol. The van der Waals surface area contributed by atoms with Gasteiger partial charge in [-0.15, -0.1) is 0 Å². The number of hydrogen-bond donors (Lipinski definition) is 1. The Morgan fingerprint density at radius 1 is 1.41 bits per heavy atom. The van der Waals surface area contributed by atoms with E-state index in [1.165, 1.54) is 6.07 Å². The number of amides is 1. The van der Waals surface area contributed by atoms with Gasteiger partial charge in [-0.3, -0.25) is 4.79 Å². The lowest BCUT2D eigenvalue weighted by Gasteiger charge is -2.14.